The summed E-state index contributed by atoms with van der Waals surface area (Å²) in [7, 11) is 3.91. The molecule has 1 heterocycles. The third-order valence-electron chi connectivity index (χ3n) is 2.92. The van der Waals surface area contributed by atoms with Crippen LogP contribution in [0.3, 0.4) is 0 Å². The molecule has 0 bridgehead atoms. The van der Waals surface area contributed by atoms with Crippen LogP contribution in [0.1, 0.15) is 5.82 Å². The van der Waals surface area contributed by atoms with Gasteiger partial charge in [-0.2, -0.15) is 5.10 Å². The average Bonchev–Trinajstić information content (AvgIpc) is 2.81. The second-order valence-electron chi connectivity index (χ2n) is 4.23. The van der Waals surface area contributed by atoms with E-state index in [4.69, 9.17) is 0 Å². The van der Waals surface area contributed by atoms with Crippen LogP contribution in [-0.4, -0.2) is 33.6 Å². The summed E-state index contributed by atoms with van der Waals surface area (Å²) in [6, 6.07) is 8.66. The Morgan fingerprint density at radius 1 is 1.42 bits per heavy atom. The van der Waals surface area contributed by atoms with E-state index in [0.29, 0.717) is 6.04 Å². The van der Waals surface area contributed by atoms with Crippen LogP contribution in [0.2, 0.25) is 0 Å². The van der Waals surface area contributed by atoms with Crippen molar-refractivity contribution in [2.45, 2.75) is 17.4 Å². The quantitative estimate of drug-likeness (QED) is 0.820. The van der Waals surface area contributed by atoms with Crippen molar-refractivity contribution in [3.8, 4) is 0 Å². The third kappa shape index (κ3) is 4.06. The summed E-state index contributed by atoms with van der Waals surface area (Å²) in [5.74, 6) is 2.00. The summed E-state index contributed by atoms with van der Waals surface area (Å²) in [6.07, 6.45) is 2.48. The molecule has 4 nitrogen and oxygen atoms in total. The molecule has 102 valence electrons. The van der Waals surface area contributed by atoms with E-state index in [-0.39, 0.29) is 0 Å². The molecule has 1 N–H and O–H groups in total. The fraction of sp³-hybridized carbons (Fsp3) is 0.385. The van der Waals surface area contributed by atoms with E-state index in [2.05, 4.69) is 49.5 Å². The molecule has 0 amide bonds. The van der Waals surface area contributed by atoms with Gasteiger partial charge in [-0.1, -0.05) is 12.1 Å². The van der Waals surface area contributed by atoms with E-state index in [1.54, 1.807) is 6.33 Å². The van der Waals surface area contributed by atoms with Crippen LogP contribution in [-0.2, 0) is 13.5 Å². The smallest absolute Gasteiger partial charge is 0.138 e. The summed E-state index contributed by atoms with van der Waals surface area (Å²) in [5.41, 5.74) is 0. The molecule has 1 atom stereocenters. The van der Waals surface area contributed by atoms with E-state index in [9.17, 15) is 0 Å². The minimum atomic E-state index is 0.375. The van der Waals surface area contributed by atoms with Crippen molar-refractivity contribution in [3.63, 3.8) is 0 Å². The Hall–Kier alpha value is -0.850. The molecule has 19 heavy (non-hydrogen) atoms. The molecule has 1 unspecified atom stereocenters. The summed E-state index contributed by atoms with van der Waals surface area (Å²) < 4.78 is 2.97. The van der Waals surface area contributed by atoms with Crippen LogP contribution < -0.4 is 5.32 Å². The highest BCUT2D eigenvalue weighted by molar-refractivity contribution is 9.10. The molecule has 0 aliphatic heterocycles. The number of benzene rings is 1. The van der Waals surface area contributed by atoms with Crippen molar-refractivity contribution in [3.05, 3.63) is 40.9 Å². The maximum Gasteiger partial charge on any atom is 0.138 e. The second-order valence-corrected chi connectivity index (χ2v) is 6.15. The van der Waals surface area contributed by atoms with Crippen LogP contribution in [0.15, 0.2) is 40.0 Å². The van der Waals surface area contributed by atoms with Gasteiger partial charge in [0.05, 0.1) is 0 Å². The molecule has 1 aromatic carbocycles. The lowest BCUT2D eigenvalue weighted by atomic mass is 10.2. The minimum Gasteiger partial charge on any atom is -0.316 e. The molecule has 0 aliphatic carbocycles. The van der Waals surface area contributed by atoms with Gasteiger partial charge < -0.3 is 5.32 Å². The van der Waals surface area contributed by atoms with Crippen molar-refractivity contribution < 1.29 is 0 Å². The van der Waals surface area contributed by atoms with Crippen LogP contribution >= 0.6 is 27.7 Å². The number of rotatable bonds is 6. The van der Waals surface area contributed by atoms with E-state index < -0.39 is 0 Å². The molecule has 6 heteroatoms. The molecule has 2 rings (SSSR count). The summed E-state index contributed by atoms with van der Waals surface area (Å²) in [5, 5.41) is 7.44. The maximum absolute atomic E-state index is 4.27. The normalized spacial score (nSPS) is 12.6. The zero-order valence-corrected chi connectivity index (χ0v) is 13.4. The maximum atomic E-state index is 4.27. The highest BCUT2D eigenvalue weighted by Crippen LogP contribution is 2.27. The zero-order valence-electron chi connectivity index (χ0n) is 11.0. The number of thioether (sulfide) groups is 1. The van der Waals surface area contributed by atoms with Gasteiger partial charge in [0.15, 0.2) is 0 Å². The number of aryl methyl sites for hydroxylation is 1. The van der Waals surface area contributed by atoms with Crippen molar-refractivity contribution in [1.29, 1.82) is 0 Å². The largest absolute Gasteiger partial charge is 0.316 e. The zero-order chi connectivity index (χ0) is 13.7. The predicted octanol–water partition coefficient (Wildman–Crippen LogP) is 2.50. The molecule has 0 aliphatic rings. The third-order valence-corrected chi connectivity index (χ3v) is 5.11. The Morgan fingerprint density at radius 3 is 2.84 bits per heavy atom. The van der Waals surface area contributed by atoms with Crippen molar-refractivity contribution in [2.75, 3.05) is 12.8 Å². The van der Waals surface area contributed by atoms with Crippen LogP contribution in [0.4, 0.5) is 0 Å². The van der Waals surface area contributed by atoms with E-state index in [1.165, 1.54) is 4.90 Å². The topological polar surface area (TPSA) is 42.7 Å². The van der Waals surface area contributed by atoms with E-state index in [1.807, 2.05) is 36.6 Å². The van der Waals surface area contributed by atoms with Gasteiger partial charge in [0, 0.05) is 34.6 Å². The standard InChI is InChI=1S/C13H17BrN4S/c1-15-10(7-13-16-9-17-18(13)2)8-19-12-6-4-3-5-11(12)14/h3-6,9-10,15H,7-8H2,1-2H3. The van der Waals surface area contributed by atoms with Gasteiger partial charge in [0.25, 0.3) is 0 Å². The Labute approximate surface area is 126 Å². The molecule has 0 fully saturated rings. The molecule has 0 saturated heterocycles. The number of nitrogens with one attached hydrogen (secondary N) is 1. The van der Waals surface area contributed by atoms with E-state index >= 15 is 0 Å². The average molecular weight is 341 g/mol. The van der Waals surface area contributed by atoms with Crippen molar-refractivity contribution in [1.82, 2.24) is 20.1 Å². The minimum absolute atomic E-state index is 0.375. The molecule has 0 saturated carbocycles. The fourth-order valence-electron chi connectivity index (χ4n) is 1.72. The van der Waals surface area contributed by atoms with Gasteiger partial charge in [-0.25, -0.2) is 4.98 Å². The number of nitrogens with zero attached hydrogens (tertiary/aromatic N) is 3. The first-order valence-electron chi connectivity index (χ1n) is 6.08. The molecule has 1 aromatic heterocycles. The van der Waals surface area contributed by atoms with Crippen LogP contribution in [0.5, 0.6) is 0 Å². The summed E-state index contributed by atoms with van der Waals surface area (Å²) >= 11 is 5.41. The number of halogens is 1. The van der Waals surface area contributed by atoms with Crippen LogP contribution in [0.25, 0.3) is 0 Å². The summed E-state index contributed by atoms with van der Waals surface area (Å²) in [4.78, 5) is 5.53. The van der Waals surface area contributed by atoms with Crippen molar-refractivity contribution >= 4 is 27.7 Å². The van der Waals surface area contributed by atoms with Crippen LogP contribution in [0, 0.1) is 0 Å². The highest BCUT2D eigenvalue weighted by Gasteiger charge is 2.12. The predicted molar refractivity (Wildman–Crippen MR) is 82.4 cm³/mol. The van der Waals surface area contributed by atoms with Gasteiger partial charge in [-0.15, -0.1) is 11.8 Å². The molecular weight excluding hydrogens is 324 g/mol. The number of aromatic nitrogens is 3. The number of hydrogen-bond acceptors (Lipinski definition) is 4. The first-order valence-corrected chi connectivity index (χ1v) is 7.86. The lowest BCUT2D eigenvalue weighted by molar-refractivity contribution is 0.573. The monoisotopic (exact) mass is 340 g/mol. The van der Waals surface area contributed by atoms with Gasteiger partial charge in [-0.3, -0.25) is 4.68 Å². The van der Waals surface area contributed by atoms with Crippen molar-refractivity contribution in [2.24, 2.45) is 7.05 Å². The number of hydrogen-bond donors (Lipinski definition) is 1. The van der Waals surface area contributed by atoms with Gasteiger partial charge in [0.1, 0.15) is 12.2 Å². The number of likely N-dealkylation sites (N-methyl/N-ethyl adjacent to an activating group) is 1. The molecular formula is C13H17BrN4S. The van der Waals surface area contributed by atoms with Gasteiger partial charge in [0.2, 0.25) is 0 Å². The second kappa shape index (κ2) is 7.07. The van der Waals surface area contributed by atoms with Gasteiger partial charge >= 0.3 is 0 Å². The Kier molecular flexibility index (Phi) is 5.42. The SMILES string of the molecule is CNC(CSc1ccccc1Br)Cc1ncnn1C. The lowest BCUT2D eigenvalue weighted by Crippen LogP contribution is -2.31. The highest BCUT2D eigenvalue weighted by atomic mass is 79.9. The van der Waals surface area contributed by atoms with E-state index in [0.717, 1.165) is 22.5 Å². The first kappa shape index (κ1) is 14.6. The Morgan fingerprint density at radius 2 is 2.21 bits per heavy atom. The molecule has 0 radical (unpaired) electrons. The first-order chi connectivity index (χ1) is 9.20. The Balaban J connectivity index is 1.93. The lowest BCUT2D eigenvalue weighted by Gasteiger charge is -2.15. The summed E-state index contributed by atoms with van der Waals surface area (Å²) in [6.45, 7) is 0. The fourth-order valence-corrected chi connectivity index (χ4v) is 3.40. The molecule has 2 aromatic rings. The molecule has 0 spiro atoms. The Bertz CT molecular complexity index is 529. The van der Waals surface area contributed by atoms with Gasteiger partial charge in [-0.05, 0) is 35.1 Å².